The number of carbonyl (C=O) groups excluding carboxylic acids is 3. The van der Waals surface area contributed by atoms with Gasteiger partial charge in [0, 0.05) is 24.4 Å². The van der Waals surface area contributed by atoms with Gasteiger partial charge in [-0.2, -0.15) is 0 Å². The summed E-state index contributed by atoms with van der Waals surface area (Å²) in [5.41, 5.74) is 2.19. The highest BCUT2D eigenvalue weighted by molar-refractivity contribution is 6.16. The molecule has 1 heterocycles. The Balaban J connectivity index is 1.95. The number of methoxy groups -OCH3 is 2. The number of amides is 3. The number of likely N-dealkylation sites (N-methyl/N-ethyl adjacent to an activating group) is 1. The molecule has 2 aromatic carbocycles. The van der Waals surface area contributed by atoms with Crippen molar-refractivity contribution >= 4 is 23.7 Å². The number of carbonyl (C=O) groups is 4. The minimum Gasteiger partial charge on any atom is -0.493 e. The summed E-state index contributed by atoms with van der Waals surface area (Å²) in [6.45, 7) is 1.54. The average molecular weight is 482 g/mol. The zero-order valence-corrected chi connectivity index (χ0v) is 19.8. The van der Waals surface area contributed by atoms with Gasteiger partial charge in [0.2, 0.25) is 0 Å². The second-order valence-electron chi connectivity index (χ2n) is 8.00. The molecule has 35 heavy (non-hydrogen) atoms. The Labute approximate surface area is 202 Å². The molecule has 184 valence electrons. The van der Waals surface area contributed by atoms with Gasteiger partial charge in [-0.3, -0.25) is 14.4 Å². The molecule has 0 saturated heterocycles. The molecule has 1 aliphatic rings. The monoisotopic (exact) mass is 481 g/mol. The van der Waals surface area contributed by atoms with Gasteiger partial charge < -0.3 is 30.1 Å². The maximum absolute atomic E-state index is 12.8. The van der Waals surface area contributed by atoms with Crippen molar-refractivity contribution in [2.24, 2.45) is 0 Å². The number of nitrogens with one attached hydrogen (secondary N) is 2. The Bertz CT molecular complexity index is 1180. The van der Waals surface area contributed by atoms with E-state index < -0.39 is 42.2 Å². The molecule has 2 atom stereocenters. The molecular formula is C25H27N3O7. The maximum atomic E-state index is 12.8. The molecule has 0 spiro atoms. The van der Waals surface area contributed by atoms with Crippen molar-refractivity contribution in [1.29, 1.82) is 0 Å². The lowest BCUT2D eigenvalue weighted by Gasteiger charge is -2.27. The number of aliphatic carboxylic acids is 1. The summed E-state index contributed by atoms with van der Waals surface area (Å²) in [5, 5.41) is 14.4. The molecule has 0 saturated carbocycles. The Hall–Kier alpha value is -4.34. The number of Topliss-reactive ketones (excluding diaryl/α,β-unsaturated/α-hetero) is 1. The fourth-order valence-corrected chi connectivity index (χ4v) is 3.87. The number of carboxylic acid groups (broad SMARTS) is 1. The highest BCUT2D eigenvalue weighted by Crippen LogP contribution is 2.41. The lowest BCUT2D eigenvalue weighted by Crippen LogP contribution is -2.56. The van der Waals surface area contributed by atoms with E-state index in [9.17, 15) is 24.3 Å². The summed E-state index contributed by atoms with van der Waals surface area (Å²) in [5.74, 6) is -1.49. The normalized spacial score (nSPS) is 16.3. The van der Waals surface area contributed by atoms with Crippen LogP contribution in [0.2, 0.25) is 0 Å². The molecule has 3 N–H and O–H groups in total. The predicted octanol–water partition coefficient (Wildman–Crippen LogP) is 2.50. The minimum absolute atomic E-state index is 0.312. The summed E-state index contributed by atoms with van der Waals surface area (Å²) < 4.78 is 11.0. The Morgan fingerprint density at radius 2 is 1.80 bits per heavy atom. The van der Waals surface area contributed by atoms with E-state index in [0.29, 0.717) is 28.2 Å². The molecule has 10 heteroatoms. The molecule has 0 aromatic heterocycles. The first kappa shape index (κ1) is 25.3. The van der Waals surface area contributed by atoms with Crippen molar-refractivity contribution in [2.45, 2.75) is 25.4 Å². The van der Waals surface area contributed by atoms with Crippen molar-refractivity contribution in [3.05, 3.63) is 59.8 Å². The fourth-order valence-electron chi connectivity index (χ4n) is 3.87. The van der Waals surface area contributed by atoms with Crippen LogP contribution in [-0.4, -0.2) is 61.0 Å². The van der Waals surface area contributed by atoms with E-state index in [4.69, 9.17) is 9.47 Å². The Morgan fingerprint density at radius 3 is 2.40 bits per heavy atom. The lowest BCUT2D eigenvalue weighted by atomic mass is 9.96. The van der Waals surface area contributed by atoms with Crippen molar-refractivity contribution in [1.82, 2.24) is 15.5 Å². The second-order valence-corrected chi connectivity index (χ2v) is 8.00. The molecule has 1 unspecified atom stereocenters. The molecule has 10 nitrogen and oxygen atoms in total. The molecule has 0 aliphatic carbocycles. The minimum atomic E-state index is -1.40. The number of hydrogen-bond donors (Lipinski definition) is 3. The van der Waals surface area contributed by atoms with Crippen LogP contribution in [0, 0.1) is 0 Å². The van der Waals surface area contributed by atoms with Crippen LogP contribution in [0.3, 0.4) is 0 Å². The van der Waals surface area contributed by atoms with Gasteiger partial charge in [0.15, 0.2) is 23.3 Å². The average Bonchev–Trinajstić information content (AvgIpc) is 2.84. The molecule has 2 aromatic rings. The summed E-state index contributed by atoms with van der Waals surface area (Å²) in [6, 6.07) is 9.30. The van der Waals surface area contributed by atoms with E-state index in [1.54, 1.807) is 19.1 Å². The second kappa shape index (κ2) is 10.7. The van der Waals surface area contributed by atoms with Gasteiger partial charge in [-0.05, 0) is 30.2 Å². The van der Waals surface area contributed by atoms with Gasteiger partial charge >= 0.3 is 12.0 Å². The van der Waals surface area contributed by atoms with E-state index in [1.165, 1.54) is 32.4 Å². The predicted molar refractivity (Wildman–Crippen MR) is 127 cm³/mol. The van der Waals surface area contributed by atoms with E-state index in [-0.39, 0.29) is 0 Å². The van der Waals surface area contributed by atoms with Gasteiger partial charge in [-0.25, -0.2) is 4.79 Å². The quantitative estimate of drug-likeness (QED) is 0.493. The number of ketones is 1. The molecule has 3 amide bonds. The van der Waals surface area contributed by atoms with Crippen LogP contribution in [-0.2, 0) is 14.4 Å². The smallest absolute Gasteiger partial charge is 0.316 e. The molecule has 0 bridgehead atoms. The molecule has 1 aliphatic heterocycles. The first-order valence-corrected chi connectivity index (χ1v) is 10.8. The number of hydrogen-bond acceptors (Lipinski definition) is 6. The first-order valence-electron chi connectivity index (χ1n) is 10.8. The third-order valence-electron chi connectivity index (χ3n) is 5.58. The number of urea groups is 1. The summed E-state index contributed by atoms with van der Waals surface area (Å²) in [6.07, 6.45) is 0.936. The van der Waals surface area contributed by atoms with E-state index in [0.717, 1.165) is 5.56 Å². The summed E-state index contributed by atoms with van der Waals surface area (Å²) in [7, 11) is 4.43. The van der Waals surface area contributed by atoms with Gasteiger partial charge in [-0.15, -0.1) is 0 Å². The fraction of sp³-hybridized carbons (Fsp3) is 0.280. The number of rotatable bonds is 8. The number of carboxylic acids is 1. The zero-order chi connectivity index (χ0) is 25.7. The van der Waals surface area contributed by atoms with Gasteiger partial charge in [-0.1, -0.05) is 30.3 Å². The van der Waals surface area contributed by atoms with Crippen LogP contribution in [0.4, 0.5) is 4.79 Å². The molecule has 0 fully saturated rings. The summed E-state index contributed by atoms with van der Waals surface area (Å²) in [4.78, 5) is 50.5. The van der Waals surface area contributed by atoms with Gasteiger partial charge in [0.1, 0.15) is 0 Å². The largest absolute Gasteiger partial charge is 0.493 e. The maximum Gasteiger partial charge on any atom is 0.316 e. The van der Waals surface area contributed by atoms with Crippen molar-refractivity contribution in [3.8, 4) is 22.6 Å². The Morgan fingerprint density at radius 1 is 1.11 bits per heavy atom. The first-order chi connectivity index (χ1) is 16.7. The topological polar surface area (TPSA) is 134 Å². The number of benzene rings is 2. The standard InChI is InChI=1S/C25H27N3O7/c1-14-13-28(2)24(32)21(22(14)31)27-25(33)26-18(12-20(29)30)16-10-17(15-8-6-5-7-9-15)23(35-4)19(11-16)34-3/h5-11,13,18,21H,12H2,1-4H3,(H,29,30)(H2,26,27,33)/t18-,21?/m0/s1. The van der Waals surface area contributed by atoms with Crippen LogP contribution in [0.15, 0.2) is 54.2 Å². The third kappa shape index (κ3) is 5.60. The van der Waals surface area contributed by atoms with Crippen molar-refractivity contribution in [3.63, 3.8) is 0 Å². The zero-order valence-electron chi connectivity index (χ0n) is 19.8. The third-order valence-corrected chi connectivity index (χ3v) is 5.58. The Kier molecular flexibility index (Phi) is 7.75. The van der Waals surface area contributed by atoms with Gasteiger partial charge in [0.05, 0.1) is 26.7 Å². The summed E-state index contributed by atoms with van der Waals surface area (Å²) >= 11 is 0. The van der Waals surface area contributed by atoms with Crippen LogP contribution < -0.4 is 20.1 Å². The van der Waals surface area contributed by atoms with E-state index in [1.807, 2.05) is 30.3 Å². The molecule has 0 radical (unpaired) electrons. The van der Waals surface area contributed by atoms with Crippen molar-refractivity contribution < 1.29 is 33.8 Å². The SMILES string of the molecule is COc1cc([C@H](CC(=O)O)NC(=O)NC2C(=O)C(C)=CN(C)C2=O)cc(-c2ccccc2)c1OC. The van der Waals surface area contributed by atoms with E-state index in [2.05, 4.69) is 10.6 Å². The van der Waals surface area contributed by atoms with Crippen LogP contribution in [0.5, 0.6) is 11.5 Å². The number of ether oxygens (including phenoxy) is 2. The van der Waals surface area contributed by atoms with E-state index >= 15 is 0 Å². The highest BCUT2D eigenvalue weighted by atomic mass is 16.5. The molecular weight excluding hydrogens is 454 g/mol. The highest BCUT2D eigenvalue weighted by Gasteiger charge is 2.35. The lowest BCUT2D eigenvalue weighted by molar-refractivity contribution is -0.138. The van der Waals surface area contributed by atoms with Crippen LogP contribution >= 0.6 is 0 Å². The van der Waals surface area contributed by atoms with Crippen LogP contribution in [0.1, 0.15) is 24.9 Å². The van der Waals surface area contributed by atoms with Crippen molar-refractivity contribution in [2.75, 3.05) is 21.3 Å². The number of nitrogens with zero attached hydrogens (tertiary/aromatic N) is 1. The van der Waals surface area contributed by atoms with Gasteiger partial charge in [0.25, 0.3) is 5.91 Å². The molecule has 3 rings (SSSR count). The van der Waals surface area contributed by atoms with Crippen LogP contribution in [0.25, 0.3) is 11.1 Å².